The number of carbonyl (C=O) groups excluding carboxylic acids is 5. The second-order valence-electron chi connectivity index (χ2n) is 20.5. The van der Waals surface area contributed by atoms with Crippen molar-refractivity contribution in [1.29, 1.82) is 0 Å². The number of nitrogens with zero attached hydrogens (tertiary/aromatic N) is 5. The molecule has 17 nitrogen and oxygen atoms in total. The van der Waals surface area contributed by atoms with E-state index in [2.05, 4.69) is 41.2 Å². The number of fused-ring (bicyclic) bond motifs is 1. The minimum Gasteiger partial charge on any atom is -0.492 e. The first-order valence-electron chi connectivity index (χ1n) is 25.8. The molecule has 1 aliphatic heterocycles. The zero-order valence-electron chi connectivity index (χ0n) is 43.3. The van der Waals surface area contributed by atoms with Crippen molar-refractivity contribution < 1.29 is 38.6 Å². The van der Waals surface area contributed by atoms with Gasteiger partial charge in [-0.05, 0) is 105 Å². The van der Waals surface area contributed by atoms with Crippen molar-refractivity contribution in [3.05, 3.63) is 101 Å². The number of aryl methyl sites for hydroxylation is 2. The van der Waals surface area contributed by atoms with Gasteiger partial charge in [0.05, 0.1) is 63.0 Å². The first-order chi connectivity index (χ1) is 36.1. The van der Waals surface area contributed by atoms with Gasteiger partial charge in [0.25, 0.3) is 0 Å². The number of aromatic nitrogens is 4. The molecule has 6 aromatic rings. The van der Waals surface area contributed by atoms with Crippen LogP contribution >= 0.6 is 22.7 Å². The van der Waals surface area contributed by atoms with Crippen LogP contribution in [0.5, 0.6) is 5.75 Å². The minimum absolute atomic E-state index is 0.0187. The van der Waals surface area contributed by atoms with Crippen LogP contribution in [0.2, 0.25) is 0 Å². The zero-order chi connectivity index (χ0) is 53.1. The number of pyridine rings is 2. The van der Waals surface area contributed by atoms with Crippen LogP contribution < -0.4 is 26.0 Å². The lowest BCUT2D eigenvalue weighted by atomic mass is 9.85. The Morgan fingerprint density at radius 1 is 0.827 bits per heavy atom. The molecule has 1 saturated heterocycles. The van der Waals surface area contributed by atoms with Gasteiger partial charge in [-0.2, -0.15) is 0 Å². The van der Waals surface area contributed by atoms with E-state index in [1.165, 1.54) is 22.7 Å². The van der Waals surface area contributed by atoms with E-state index in [0.717, 1.165) is 88.0 Å². The second kappa shape index (κ2) is 25.1. The first kappa shape index (κ1) is 54.4. The summed E-state index contributed by atoms with van der Waals surface area (Å²) in [4.78, 5) is 86.9. The summed E-state index contributed by atoms with van der Waals surface area (Å²) in [6.45, 7) is 10.0. The molecule has 2 aliphatic rings. The van der Waals surface area contributed by atoms with Gasteiger partial charge in [-0.3, -0.25) is 34.5 Å². The van der Waals surface area contributed by atoms with E-state index in [4.69, 9.17) is 9.47 Å². The highest BCUT2D eigenvalue weighted by Gasteiger charge is 2.44. The summed E-state index contributed by atoms with van der Waals surface area (Å²) >= 11 is 2.98. The van der Waals surface area contributed by atoms with Crippen LogP contribution in [-0.4, -0.2) is 97.1 Å². The molecule has 4 aromatic heterocycles. The number of unbranched alkanes of at least 4 members (excludes halogenated alkanes) is 3. The van der Waals surface area contributed by atoms with Crippen LogP contribution in [0.4, 0.5) is 15.6 Å². The van der Waals surface area contributed by atoms with Gasteiger partial charge in [-0.15, -0.1) is 11.3 Å². The fourth-order valence-electron chi connectivity index (χ4n) is 9.32. The molecule has 5 amide bonds. The van der Waals surface area contributed by atoms with Crippen molar-refractivity contribution >= 4 is 73.4 Å². The first-order valence-corrected chi connectivity index (χ1v) is 27.5. The van der Waals surface area contributed by atoms with Crippen LogP contribution in [0.25, 0.3) is 31.8 Å². The van der Waals surface area contributed by atoms with E-state index in [0.29, 0.717) is 47.4 Å². The van der Waals surface area contributed by atoms with Crippen molar-refractivity contribution in [2.45, 2.75) is 143 Å². The molecular weight excluding hydrogens is 991 g/mol. The molecule has 0 bridgehead atoms. The fraction of sp³-hybridized carbons (Fsp3) is 0.446. The number of hydrogen-bond donors (Lipinski definition) is 5. The number of thiazole rings is 2. The molecule has 2 fully saturated rings. The summed E-state index contributed by atoms with van der Waals surface area (Å²) in [6, 6.07) is 17.3. The van der Waals surface area contributed by atoms with Gasteiger partial charge >= 0.3 is 6.09 Å². The largest absolute Gasteiger partial charge is 0.492 e. The lowest BCUT2D eigenvalue weighted by Gasteiger charge is -2.35. The number of anilines is 2. The standard InChI is InChI=1S/C56H67N9O8S2/c1-34-45(62-55(71)73-42-13-9-8-10-14-42)25-39(30-57-34)38-20-23-44-47(26-38)75-54(61-44)64-48(67)15-11-6-7-12-24-72-43-22-21-40(58-31-43)27-49(68)63-51(56(3,4)5)53(70)65-32-41(66)28-46(65)52(69)59-29-36-16-18-37(19-17-36)50-35(2)60-33-74-50/h16-23,25-26,30-31,33,41-42,46,51,66H,6-15,24,27-29,32H2,1-5H3,(H,59,69)(H,62,71)(H,63,68)(H,61,64,67)/t41-,46+,51-/m1/s1. The summed E-state index contributed by atoms with van der Waals surface area (Å²) in [5, 5.41) is 22.8. The van der Waals surface area contributed by atoms with Crippen LogP contribution in [-0.2, 0) is 36.9 Å². The maximum atomic E-state index is 14.1. The number of ether oxygens (including phenoxy) is 2. The lowest BCUT2D eigenvalue weighted by Crippen LogP contribution is -2.58. The number of benzene rings is 2. The molecule has 5 N–H and O–H groups in total. The zero-order valence-corrected chi connectivity index (χ0v) is 44.9. The molecule has 5 heterocycles. The van der Waals surface area contributed by atoms with E-state index in [9.17, 15) is 29.1 Å². The van der Waals surface area contributed by atoms with Crippen molar-refractivity contribution in [2.24, 2.45) is 5.41 Å². The third-order valence-corrected chi connectivity index (χ3v) is 15.4. The highest BCUT2D eigenvalue weighted by Crippen LogP contribution is 2.33. The SMILES string of the molecule is Cc1ncc(-c2ccc3nc(NC(=O)CCCCCCOc4ccc(CC(=O)N[C@H](C(=O)N5C[C@H](O)C[C@H]5C(=O)NCc5ccc(-c6scnc6C)cc5)C(C)(C)C)nc4)sc3c2)cc1NC(=O)OC1CCCCC1. The third kappa shape index (κ3) is 14.9. The van der Waals surface area contributed by atoms with E-state index < -0.39 is 41.5 Å². The molecule has 396 valence electrons. The molecule has 1 saturated carbocycles. The second-order valence-corrected chi connectivity index (χ2v) is 22.4. The van der Waals surface area contributed by atoms with Crippen molar-refractivity contribution in [2.75, 3.05) is 23.8 Å². The highest BCUT2D eigenvalue weighted by atomic mass is 32.1. The summed E-state index contributed by atoms with van der Waals surface area (Å²) in [6.07, 6.45) is 10.7. The number of nitrogens with one attached hydrogen (secondary N) is 4. The summed E-state index contributed by atoms with van der Waals surface area (Å²) in [5.74, 6) is -0.742. The Morgan fingerprint density at radius 2 is 1.60 bits per heavy atom. The smallest absolute Gasteiger partial charge is 0.411 e. The quantitative estimate of drug-likeness (QED) is 0.0451. The summed E-state index contributed by atoms with van der Waals surface area (Å²) < 4.78 is 12.5. The van der Waals surface area contributed by atoms with Gasteiger partial charge in [-0.1, -0.05) is 81.7 Å². The molecule has 2 aromatic carbocycles. The average molecular weight is 1060 g/mol. The Morgan fingerprint density at radius 3 is 2.33 bits per heavy atom. The molecule has 8 rings (SSSR count). The maximum absolute atomic E-state index is 14.1. The van der Waals surface area contributed by atoms with Gasteiger partial charge < -0.3 is 35.4 Å². The lowest BCUT2D eigenvalue weighted by molar-refractivity contribution is -0.144. The number of aliphatic hydroxyl groups is 1. The van der Waals surface area contributed by atoms with Gasteiger partial charge in [-0.25, -0.2) is 14.8 Å². The Balaban J connectivity index is 0.726. The molecule has 75 heavy (non-hydrogen) atoms. The number of likely N-dealkylation sites (tertiary alicyclic amines) is 1. The Kier molecular flexibility index (Phi) is 18.2. The molecule has 0 spiro atoms. The molecule has 0 unspecified atom stereocenters. The van der Waals surface area contributed by atoms with E-state index in [1.54, 1.807) is 35.9 Å². The van der Waals surface area contributed by atoms with Crippen molar-refractivity contribution in [1.82, 2.24) is 35.5 Å². The summed E-state index contributed by atoms with van der Waals surface area (Å²) in [5.41, 5.74) is 8.33. The maximum Gasteiger partial charge on any atom is 0.411 e. The van der Waals surface area contributed by atoms with Crippen LogP contribution in [0.3, 0.4) is 0 Å². The predicted octanol–water partition coefficient (Wildman–Crippen LogP) is 9.69. The Hall–Kier alpha value is -6.83. The topological polar surface area (TPSA) is 227 Å². The highest BCUT2D eigenvalue weighted by molar-refractivity contribution is 7.22. The van der Waals surface area contributed by atoms with Gasteiger partial charge in [0.15, 0.2) is 5.13 Å². The number of aliphatic hydroxyl groups excluding tert-OH is 1. The number of carbonyl (C=O) groups is 5. The molecule has 1 aliphatic carbocycles. The summed E-state index contributed by atoms with van der Waals surface area (Å²) in [7, 11) is 0. The van der Waals surface area contributed by atoms with Crippen LogP contribution in [0, 0.1) is 19.3 Å². The van der Waals surface area contributed by atoms with Crippen LogP contribution in [0.1, 0.15) is 114 Å². The molecular formula is C56H67N9O8S2. The van der Waals surface area contributed by atoms with Gasteiger partial charge in [0, 0.05) is 43.4 Å². The Labute approximate surface area is 445 Å². The van der Waals surface area contributed by atoms with Gasteiger partial charge in [0.2, 0.25) is 23.6 Å². The predicted molar refractivity (Wildman–Crippen MR) is 291 cm³/mol. The monoisotopic (exact) mass is 1060 g/mol. The number of amides is 5. The Bertz CT molecular complexity index is 2950. The third-order valence-electron chi connectivity index (χ3n) is 13.5. The number of β-amino-alcohol motifs (C(OH)–C–C–N with tert-alkyl or cyclic N) is 1. The molecule has 3 atom stereocenters. The molecule has 19 heteroatoms. The van der Waals surface area contributed by atoms with Crippen molar-refractivity contribution in [3.8, 4) is 27.3 Å². The minimum atomic E-state index is -0.965. The number of hydrogen-bond acceptors (Lipinski definition) is 14. The molecule has 0 radical (unpaired) electrons. The van der Waals surface area contributed by atoms with Crippen LogP contribution in [0.15, 0.2) is 78.6 Å². The number of rotatable bonds is 20. The fourth-order valence-corrected chi connectivity index (χ4v) is 11.1. The van der Waals surface area contributed by atoms with E-state index >= 15 is 0 Å². The van der Waals surface area contributed by atoms with Crippen molar-refractivity contribution in [3.63, 3.8) is 0 Å². The van der Waals surface area contributed by atoms with Gasteiger partial charge in [0.1, 0.15) is 23.9 Å². The van der Waals surface area contributed by atoms with E-state index in [-0.39, 0.29) is 43.8 Å². The normalized spacial score (nSPS) is 16.3. The van der Waals surface area contributed by atoms with E-state index in [1.807, 2.05) is 88.7 Å². The average Bonchev–Trinajstić information content (AvgIpc) is 4.13.